The van der Waals surface area contributed by atoms with Crippen molar-refractivity contribution in [2.24, 2.45) is 0 Å². The highest BCUT2D eigenvalue weighted by Gasteiger charge is 2.27. The summed E-state index contributed by atoms with van der Waals surface area (Å²) < 4.78 is 18.8. The lowest BCUT2D eigenvalue weighted by molar-refractivity contribution is 0.0948. The molecular formula is C20H21Cl2FN2O3S. The number of rotatable bonds is 7. The van der Waals surface area contributed by atoms with Gasteiger partial charge in [-0.2, -0.15) is 0 Å². The Morgan fingerprint density at radius 3 is 2.69 bits per heavy atom. The fraction of sp³-hybridized carbons (Fsp3) is 0.400. The van der Waals surface area contributed by atoms with Gasteiger partial charge in [-0.05, 0) is 49.8 Å². The minimum atomic E-state index is -0.734. The average molecular weight is 459 g/mol. The highest BCUT2D eigenvalue weighted by molar-refractivity contribution is 7.17. The zero-order valence-corrected chi connectivity index (χ0v) is 18.2. The van der Waals surface area contributed by atoms with Crippen molar-refractivity contribution in [3.8, 4) is 0 Å². The molecule has 1 aromatic carbocycles. The maximum atomic E-state index is 13.8. The first-order valence-corrected chi connectivity index (χ1v) is 10.9. The number of benzene rings is 1. The van der Waals surface area contributed by atoms with Crippen LogP contribution in [0.3, 0.4) is 0 Å². The Labute approximate surface area is 182 Å². The van der Waals surface area contributed by atoms with Crippen LogP contribution in [-0.2, 0) is 17.6 Å². The van der Waals surface area contributed by atoms with Crippen LogP contribution in [0, 0.1) is 5.82 Å². The van der Waals surface area contributed by atoms with E-state index in [1.165, 1.54) is 17.4 Å². The molecule has 2 N–H and O–H groups in total. The van der Waals surface area contributed by atoms with Gasteiger partial charge < -0.3 is 15.4 Å². The molecule has 2 aromatic rings. The zero-order valence-electron chi connectivity index (χ0n) is 15.9. The molecule has 0 fully saturated rings. The minimum absolute atomic E-state index is 0.0357. The van der Waals surface area contributed by atoms with Gasteiger partial charge in [-0.3, -0.25) is 9.59 Å². The summed E-state index contributed by atoms with van der Waals surface area (Å²) in [5, 5.41) is 5.98. The summed E-state index contributed by atoms with van der Waals surface area (Å²) in [4.78, 5) is 26.7. The van der Waals surface area contributed by atoms with Crippen LogP contribution in [0.4, 0.5) is 9.39 Å². The predicted octanol–water partition coefficient (Wildman–Crippen LogP) is 5.09. The predicted molar refractivity (Wildman–Crippen MR) is 114 cm³/mol. The second-order valence-electron chi connectivity index (χ2n) is 6.72. The molecule has 0 bridgehead atoms. The maximum Gasteiger partial charge on any atom is 0.257 e. The van der Waals surface area contributed by atoms with Crippen molar-refractivity contribution < 1.29 is 18.7 Å². The second-order valence-corrected chi connectivity index (χ2v) is 8.64. The number of carbonyl (C=O) groups excluding carboxylic acids is 2. The van der Waals surface area contributed by atoms with E-state index in [2.05, 4.69) is 10.6 Å². The molecule has 0 saturated carbocycles. The number of fused-ring (bicyclic) bond motifs is 1. The second kappa shape index (κ2) is 9.89. The number of methoxy groups -OCH3 is 1. The summed E-state index contributed by atoms with van der Waals surface area (Å²) in [7, 11) is 1.61. The van der Waals surface area contributed by atoms with Crippen LogP contribution in [0.2, 0.25) is 10.0 Å². The van der Waals surface area contributed by atoms with Gasteiger partial charge in [0.15, 0.2) is 0 Å². The minimum Gasteiger partial charge on any atom is -0.385 e. The molecule has 1 heterocycles. The van der Waals surface area contributed by atoms with Gasteiger partial charge >= 0.3 is 0 Å². The summed E-state index contributed by atoms with van der Waals surface area (Å²) in [6, 6.07) is 2.19. The number of ether oxygens (including phenoxy) is 1. The smallest absolute Gasteiger partial charge is 0.257 e. The van der Waals surface area contributed by atoms with Crippen molar-refractivity contribution in [2.45, 2.75) is 32.1 Å². The summed E-state index contributed by atoms with van der Waals surface area (Å²) in [5.41, 5.74) is 1.43. The number of hydrogen-bond donors (Lipinski definition) is 2. The lowest BCUT2D eigenvalue weighted by Gasteiger charge is -2.13. The molecule has 29 heavy (non-hydrogen) atoms. The van der Waals surface area contributed by atoms with Gasteiger partial charge in [0.1, 0.15) is 10.8 Å². The standard InChI is InChI=1S/C20H21Cl2FN2O3S/c1-28-8-4-7-24-19(27)17-11-5-2-3-6-16(11)29-20(17)25-18(26)12-9-15(23)14(22)10-13(12)21/h9-10H,2-8H2,1H3,(H,24,27)(H,25,26). The molecule has 1 aliphatic rings. The molecule has 0 unspecified atom stereocenters. The largest absolute Gasteiger partial charge is 0.385 e. The number of carbonyl (C=O) groups is 2. The van der Waals surface area contributed by atoms with E-state index in [1.54, 1.807) is 7.11 Å². The third-order valence-corrected chi connectivity index (χ3v) is 6.50. The van der Waals surface area contributed by atoms with E-state index in [0.717, 1.165) is 42.2 Å². The summed E-state index contributed by atoms with van der Waals surface area (Å²) in [6.07, 6.45) is 4.39. The molecule has 0 saturated heterocycles. The maximum absolute atomic E-state index is 13.8. The van der Waals surface area contributed by atoms with Crippen LogP contribution in [0.5, 0.6) is 0 Å². The molecule has 0 radical (unpaired) electrons. The zero-order chi connectivity index (χ0) is 21.0. The molecular weight excluding hydrogens is 438 g/mol. The van der Waals surface area contributed by atoms with E-state index in [9.17, 15) is 14.0 Å². The normalized spacial score (nSPS) is 13.1. The topological polar surface area (TPSA) is 67.4 Å². The average Bonchev–Trinajstić information content (AvgIpc) is 3.05. The van der Waals surface area contributed by atoms with Gasteiger partial charge in [0, 0.05) is 25.1 Å². The number of hydrogen-bond acceptors (Lipinski definition) is 4. The van der Waals surface area contributed by atoms with E-state index < -0.39 is 11.7 Å². The van der Waals surface area contributed by atoms with E-state index in [4.69, 9.17) is 27.9 Å². The molecule has 3 rings (SSSR count). The SMILES string of the molecule is COCCCNC(=O)c1c(NC(=O)c2cc(F)c(Cl)cc2Cl)sc2c1CCCC2. The van der Waals surface area contributed by atoms with Gasteiger partial charge in [-0.25, -0.2) is 4.39 Å². The Morgan fingerprint density at radius 1 is 1.17 bits per heavy atom. The Hall–Kier alpha value is -1.67. The Bertz CT molecular complexity index is 933. The van der Waals surface area contributed by atoms with Crippen LogP contribution in [0.1, 0.15) is 50.4 Å². The molecule has 2 amide bonds. The van der Waals surface area contributed by atoms with E-state index >= 15 is 0 Å². The fourth-order valence-electron chi connectivity index (χ4n) is 3.27. The number of anilines is 1. The first kappa shape index (κ1) is 22.0. The van der Waals surface area contributed by atoms with E-state index in [0.29, 0.717) is 30.1 Å². The van der Waals surface area contributed by atoms with Crippen LogP contribution in [-0.4, -0.2) is 32.1 Å². The molecule has 0 aliphatic heterocycles. The highest BCUT2D eigenvalue weighted by atomic mass is 35.5. The van der Waals surface area contributed by atoms with E-state index in [1.807, 2.05) is 0 Å². The number of amides is 2. The van der Waals surface area contributed by atoms with Gasteiger partial charge in [-0.1, -0.05) is 23.2 Å². The lowest BCUT2D eigenvalue weighted by Crippen LogP contribution is -2.27. The van der Waals surface area contributed by atoms with Crippen molar-refractivity contribution >= 4 is 51.4 Å². The Kier molecular flexibility index (Phi) is 7.51. The number of aryl methyl sites for hydroxylation is 1. The Balaban J connectivity index is 1.87. The first-order chi connectivity index (χ1) is 13.9. The number of halogens is 3. The molecule has 9 heteroatoms. The first-order valence-electron chi connectivity index (χ1n) is 9.30. The molecule has 5 nitrogen and oxygen atoms in total. The van der Waals surface area contributed by atoms with Crippen molar-refractivity contribution in [1.82, 2.24) is 5.32 Å². The number of nitrogens with one attached hydrogen (secondary N) is 2. The van der Waals surface area contributed by atoms with E-state index in [-0.39, 0.29) is 21.5 Å². The number of thiophene rings is 1. The van der Waals surface area contributed by atoms with Crippen molar-refractivity contribution in [3.63, 3.8) is 0 Å². The monoisotopic (exact) mass is 458 g/mol. The van der Waals surface area contributed by atoms with Gasteiger partial charge in [0.2, 0.25) is 0 Å². The van der Waals surface area contributed by atoms with Gasteiger partial charge in [0.05, 0.1) is 21.2 Å². The van der Waals surface area contributed by atoms with Gasteiger partial charge in [0.25, 0.3) is 11.8 Å². The molecule has 1 aliphatic carbocycles. The molecule has 0 atom stereocenters. The fourth-order valence-corrected chi connectivity index (χ4v) is 5.02. The molecule has 156 valence electrons. The lowest BCUT2D eigenvalue weighted by atomic mass is 9.95. The van der Waals surface area contributed by atoms with Crippen LogP contribution >= 0.6 is 34.5 Å². The summed E-state index contributed by atoms with van der Waals surface area (Å²) in [5.74, 6) is -1.55. The Morgan fingerprint density at radius 2 is 1.93 bits per heavy atom. The third kappa shape index (κ3) is 5.09. The van der Waals surface area contributed by atoms with Crippen LogP contribution < -0.4 is 10.6 Å². The van der Waals surface area contributed by atoms with Gasteiger partial charge in [-0.15, -0.1) is 11.3 Å². The van der Waals surface area contributed by atoms with Crippen LogP contribution in [0.25, 0.3) is 0 Å². The van der Waals surface area contributed by atoms with Crippen molar-refractivity contribution in [3.05, 3.63) is 49.6 Å². The quantitative estimate of drug-likeness (QED) is 0.448. The van der Waals surface area contributed by atoms with Crippen molar-refractivity contribution in [1.29, 1.82) is 0 Å². The molecule has 0 spiro atoms. The summed E-state index contributed by atoms with van der Waals surface area (Å²) in [6.45, 7) is 1.02. The van der Waals surface area contributed by atoms with Crippen molar-refractivity contribution in [2.75, 3.05) is 25.6 Å². The summed E-state index contributed by atoms with van der Waals surface area (Å²) >= 11 is 13.2. The highest BCUT2D eigenvalue weighted by Crippen LogP contribution is 2.38. The molecule has 1 aromatic heterocycles. The van der Waals surface area contributed by atoms with Crippen LogP contribution in [0.15, 0.2) is 12.1 Å². The third-order valence-electron chi connectivity index (χ3n) is 4.69.